The highest BCUT2D eigenvalue weighted by Gasteiger charge is 2.57. The minimum Gasteiger partial charge on any atom is -0.493 e. The van der Waals surface area contributed by atoms with Crippen molar-refractivity contribution in [3.8, 4) is 17.2 Å². The van der Waals surface area contributed by atoms with Gasteiger partial charge in [-0.05, 0) is 54.4 Å². The quantitative estimate of drug-likeness (QED) is 0.363. The molecule has 2 aliphatic rings. The van der Waals surface area contributed by atoms with Crippen LogP contribution in [0.15, 0.2) is 54.6 Å². The molecule has 9 heteroatoms. The van der Waals surface area contributed by atoms with Crippen LogP contribution in [-0.4, -0.2) is 50.0 Å². The fourth-order valence-electron chi connectivity index (χ4n) is 4.81. The van der Waals surface area contributed by atoms with Crippen molar-refractivity contribution in [2.24, 2.45) is 0 Å². The second kappa shape index (κ2) is 8.87. The smallest absolute Gasteiger partial charge is 0.262 e. The number of carbonyl (C=O) groups excluding carboxylic acids is 3. The van der Waals surface area contributed by atoms with Crippen LogP contribution in [0.3, 0.4) is 0 Å². The van der Waals surface area contributed by atoms with Crippen LogP contribution in [0.2, 0.25) is 5.02 Å². The van der Waals surface area contributed by atoms with Crippen LogP contribution < -0.4 is 19.1 Å². The number of anilines is 1. The number of β-lactam (4-membered cyclic amide) rings is 1. The molecule has 5 rings (SSSR count). The third-order valence-electron chi connectivity index (χ3n) is 6.63. The first-order valence-corrected chi connectivity index (χ1v) is 11.6. The molecule has 0 N–H and O–H groups in total. The van der Waals surface area contributed by atoms with Gasteiger partial charge in [0, 0.05) is 10.7 Å². The molecule has 0 aromatic heterocycles. The van der Waals surface area contributed by atoms with Crippen molar-refractivity contribution in [3.05, 3.63) is 81.9 Å². The summed E-state index contributed by atoms with van der Waals surface area (Å²) in [6.07, 6.45) is 0. The van der Waals surface area contributed by atoms with Gasteiger partial charge in [-0.2, -0.15) is 0 Å². The van der Waals surface area contributed by atoms with Crippen molar-refractivity contribution in [2.75, 3.05) is 26.2 Å². The normalized spacial score (nSPS) is 18.8. The SMILES string of the molecule is COc1cc([C@@H]2[C@@H](N3C(=O)c4ccccc4C3=O)C(=O)N2c2ccc(C)c(Cl)c2)cc(OC)c1OC. The highest BCUT2D eigenvalue weighted by molar-refractivity contribution is 6.32. The highest BCUT2D eigenvalue weighted by Crippen LogP contribution is 2.48. The maximum absolute atomic E-state index is 13.7. The molecule has 2 aliphatic heterocycles. The van der Waals surface area contributed by atoms with Crippen molar-refractivity contribution in [1.82, 2.24) is 4.90 Å². The number of benzene rings is 3. The molecular formula is C27H23ClN2O6. The topological polar surface area (TPSA) is 85.4 Å². The molecule has 0 aliphatic carbocycles. The lowest BCUT2D eigenvalue weighted by Crippen LogP contribution is -2.67. The summed E-state index contributed by atoms with van der Waals surface area (Å²) in [4.78, 5) is 42.8. The van der Waals surface area contributed by atoms with Gasteiger partial charge in [-0.15, -0.1) is 0 Å². The van der Waals surface area contributed by atoms with Gasteiger partial charge in [-0.25, -0.2) is 0 Å². The van der Waals surface area contributed by atoms with E-state index in [9.17, 15) is 14.4 Å². The van der Waals surface area contributed by atoms with Crippen molar-refractivity contribution >= 4 is 35.0 Å². The monoisotopic (exact) mass is 506 g/mol. The Bertz CT molecular complexity index is 1360. The van der Waals surface area contributed by atoms with E-state index in [0.717, 1.165) is 10.5 Å². The number of carbonyl (C=O) groups is 3. The number of ether oxygens (including phenoxy) is 3. The average Bonchev–Trinajstić information content (AvgIpc) is 3.13. The summed E-state index contributed by atoms with van der Waals surface area (Å²) in [7, 11) is 4.48. The van der Waals surface area contributed by atoms with E-state index in [1.54, 1.807) is 48.5 Å². The molecule has 0 saturated carbocycles. The number of hydrogen-bond donors (Lipinski definition) is 0. The zero-order valence-corrected chi connectivity index (χ0v) is 20.8. The Morgan fingerprint density at radius 1 is 0.750 bits per heavy atom. The maximum atomic E-state index is 13.7. The van der Waals surface area contributed by atoms with E-state index in [2.05, 4.69) is 0 Å². The number of methoxy groups -OCH3 is 3. The van der Waals surface area contributed by atoms with Gasteiger partial charge in [-0.3, -0.25) is 19.3 Å². The number of rotatable bonds is 6. The zero-order valence-electron chi connectivity index (χ0n) is 20.1. The molecule has 2 heterocycles. The van der Waals surface area contributed by atoms with Crippen LogP contribution >= 0.6 is 11.6 Å². The van der Waals surface area contributed by atoms with Crippen molar-refractivity contribution in [1.29, 1.82) is 0 Å². The molecular weight excluding hydrogens is 484 g/mol. The third kappa shape index (κ3) is 3.40. The lowest BCUT2D eigenvalue weighted by molar-refractivity contribution is -0.130. The minimum absolute atomic E-state index is 0.274. The molecule has 36 heavy (non-hydrogen) atoms. The van der Waals surface area contributed by atoms with Crippen molar-refractivity contribution in [2.45, 2.75) is 19.0 Å². The van der Waals surface area contributed by atoms with E-state index < -0.39 is 29.8 Å². The predicted molar refractivity (Wildman–Crippen MR) is 133 cm³/mol. The van der Waals surface area contributed by atoms with Crippen LogP contribution in [0.1, 0.15) is 37.9 Å². The highest BCUT2D eigenvalue weighted by atomic mass is 35.5. The first-order valence-electron chi connectivity index (χ1n) is 11.2. The van der Waals surface area contributed by atoms with E-state index in [4.69, 9.17) is 25.8 Å². The standard InChI is InChI=1S/C27H23ClN2O6/c1-14-9-10-16(13-19(14)28)29-22(15-11-20(34-2)24(36-4)21(12-15)35-3)23(27(29)33)30-25(31)17-7-5-6-8-18(17)26(30)32/h5-13,22-23H,1-4H3/t22-,23-/m1/s1. The molecule has 0 spiro atoms. The van der Waals surface area contributed by atoms with Crippen LogP contribution in [0.4, 0.5) is 5.69 Å². The first-order chi connectivity index (χ1) is 17.3. The Labute approximate surface area is 212 Å². The molecule has 3 aromatic rings. The summed E-state index contributed by atoms with van der Waals surface area (Å²) in [5, 5.41) is 0.494. The summed E-state index contributed by atoms with van der Waals surface area (Å²) >= 11 is 6.37. The maximum Gasteiger partial charge on any atom is 0.262 e. The van der Waals surface area contributed by atoms with Gasteiger partial charge in [-0.1, -0.05) is 29.8 Å². The molecule has 3 aromatic carbocycles. The van der Waals surface area contributed by atoms with Crippen LogP contribution in [0.25, 0.3) is 0 Å². The Kier molecular flexibility index (Phi) is 5.84. The van der Waals surface area contributed by atoms with Gasteiger partial charge in [0.1, 0.15) is 6.04 Å². The lowest BCUT2D eigenvalue weighted by Gasteiger charge is -2.50. The number of fused-ring (bicyclic) bond motifs is 1. The molecule has 1 saturated heterocycles. The zero-order chi connectivity index (χ0) is 25.7. The fourth-order valence-corrected chi connectivity index (χ4v) is 4.98. The average molecular weight is 507 g/mol. The molecule has 1 fully saturated rings. The van der Waals surface area contributed by atoms with Crippen molar-refractivity contribution in [3.63, 3.8) is 0 Å². The Balaban J connectivity index is 1.66. The lowest BCUT2D eigenvalue weighted by atomic mass is 9.85. The number of hydrogen-bond acceptors (Lipinski definition) is 6. The molecule has 8 nitrogen and oxygen atoms in total. The Hall–Kier alpha value is -4.04. The summed E-state index contributed by atoms with van der Waals surface area (Å²) in [5.74, 6) is -0.260. The number of nitrogens with zero attached hydrogens (tertiary/aromatic N) is 2. The summed E-state index contributed by atoms with van der Waals surface area (Å²) in [5.41, 5.74) is 2.55. The second-order valence-electron chi connectivity index (χ2n) is 8.52. The summed E-state index contributed by atoms with van der Waals surface area (Å²) < 4.78 is 16.5. The summed E-state index contributed by atoms with van der Waals surface area (Å²) in [6, 6.07) is 13.5. The van der Waals surface area contributed by atoms with Crippen LogP contribution in [0.5, 0.6) is 17.2 Å². The van der Waals surface area contributed by atoms with Gasteiger partial charge in [0.25, 0.3) is 17.7 Å². The van der Waals surface area contributed by atoms with Gasteiger partial charge in [0.05, 0.1) is 38.5 Å². The van der Waals surface area contributed by atoms with Gasteiger partial charge < -0.3 is 19.1 Å². The largest absolute Gasteiger partial charge is 0.493 e. The Morgan fingerprint density at radius 3 is 1.83 bits per heavy atom. The van der Waals surface area contributed by atoms with E-state index in [-0.39, 0.29) is 11.1 Å². The molecule has 0 bridgehead atoms. The molecule has 184 valence electrons. The first kappa shape index (κ1) is 23.7. The van der Waals surface area contributed by atoms with E-state index in [1.807, 2.05) is 13.0 Å². The number of halogens is 1. The van der Waals surface area contributed by atoms with Gasteiger partial charge in [0.15, 0.2) is 11.5 Å². The third-order valence-corrected chi connectivity index (χ3v) is 7.04. The molecule has 0 unspecified atom stereocenters. The van der Waals surface area contributed by atoms with E-state index in [1.165, 1.54) is 26.2 Å². The Morgan fingerprint density at radius 2 is 1.33 bits per heavy atom. The van der Waals surface area contributed by atoms with Gasteiger partial charge in [0.2, 0.25) is 5.75 Å². The van der Waals surface area contributed by atoms with Crippen LogP contribution in [0, 0.1) is 6.92 Å². The molecule has 0 radical (unpaired) electrons. The summed E-state index contributed by atoms with van der Waals surface area (Å²) in [6.45, 7) is 1.86. The van der Waals surface area contributed by atoms with Crippen LogP contribution in [-0.2, 0) is 4.79 Å². The number of amides is 3. The van der Waals surface area contributed by atoms with E-state index in [0.29, 0.717) is 33.5 Å². The minimum atomic E-state index is -1.07. The number of imide groups is 1. The van der Waals surface area contributed by atoms with E-state index >= 15 is 0 Å². The predicted octanol–water partition coefficient (Wildman–Crippen LogP) is 4.43. The fraction of sp³-hybridized carbons (Fsp3) is 0.222. The number of aryl methyl sites for hydroxylation is 1. The second-order valence-corrected chi connectivity index (χ2v) is 8.92. The molecule has 2 atom stereocenters. The van der Waals surface area contributed by atoms with Crippen molar-refractivity contribution < 1.29 is 28.6 Å². The van der Waals surface area contributed by atoms with Gasteiger partial charge >= 0.3 is 0 Å². The molecule has 3 amide bonds.